The van der Waals surface area contributed by atoms with E-state index in [-0.39, 0.29) is 11.7 Å². The summed E-state index contributed by atoms with van der Waals surface area (Å²) in [5.74, 6) is 0.427. The normalized spacial score (nSPS) is 35.5. The quantitative estimate of drug-likeness (QED) is 0.551. The highest BCUT2D eigenvalue weighted by Crippen LogP contribution is 2.37. The van der Waals surface area contributed by atoms with Crippen LogP contribution in [-0.2, 0) is 0 Å². The molecule has 0 bridgehead atoms. The summed E-state index contributed by atoms with van der Waals surface area (Å²) in [5.41, 5.74) is 0. The minimum absolute atomic E-state index is 0.221. The van der Waals surface area contributed by atoms with Crippen molar-refractivity contribution in [2.75, 3.05) is 0 Å². The Balaban J connectivity index is 2.89. The van der Waals surface area contributed by atoms with Gasteiger partial charge in [0.15, 0.2) is 0 Å². The molecule has 0 aromatic heterocycles. The molecule has 12 heavy (non-hydrogen) atoms. The third-order valence-corrected chi connectivity index (χ3v) is 2.61. The van der Waals surface area contributed by atoms with Crippen molar-refractivity contribution in [1.82, 2.24) is 0 Å². The van der Waals surface area contributed by atoms with Gasteiger partial charge >= 0.3 is 0 Å². The Labute approximate surface area is 78.1 Å². The molecule has 1 aliphatic carbocycles. The van der Waals surface area contributed by atoms with Crippen molar-refractivity contribution in [3.8, 4) is 0 Å². The molecular formula is C10H14ClF. The van der Waals surface area contributed by atoms with Gasteiger partial charge in [-0.15, -0.1) is 11.6 Å². The maximum atomic E-state index is 12.8. The third kappa shape index (κ3) is 1.89. The van der Waals surface area contributed by atoms with Gasteiger partial charge in [0, 0.05) is 5.92 Å². The van der Waals surface area contributed by atoms with Crippen molar-refractivity contribution in [2.45, 2.75) is 25.6 Å². The highest BCUT2D eigenvalue weighted by atomic mass is 35.5. The lowest BCUT2D eigenvalue weighted by Crippen LogP contribution is -2.30. The molecule has 0 saturated heterocycles. The van der Waals surface area contributed by atoms with Gasteiger partial charge in [-0.2, -0.15) is 0 Å². The smallest absolute Gasteiger partial charge is 0.120 e. The summed E-state index contributed by atoms with van der Waals surface area (Å²) in [7, 11) is 0. The van der Waals surface area contributed by atoms with Crippen LogP contribution in [0.5, 0.6) is 0 Å². The largest absolute Gasteiger partial charge is 0.207 e. The minimum Gasteiger partial charge on any atom is -0.207 e. The van der Waals surface area contributed by atoms with Gasteiger partial charge in [0.25, 0.3) is 0 Å². The van der Waals surface area contributed by atoms with Crippen molar-refractivity contribution >= 4 is 11.6 Å². The number of halogens is 2. The van der Waals surface area contributed by atoms with Crippen LogP contribution in [0.2, 0.25) is 0 Å². The Morgan fingerprint density at radius 3 is 2.58 bits per heavy atom. The van der Waals surface area contributed by atoms with E-state index in [4.69, 9.17) is 11.6 Å². The highest BCUT2D eigenvalue weighted by molar-refractivity contribution is 6.25. The Morgan fingerprint density at radius 2 is 2.17 bits per heavy atom. The maximum absolute atomic E-state index is 12.8. The minimum atomic E-state index is -0.562. The number of hydrogen-bond donors (Lipinski definition) is 0. The molecule has 0 aliphatic heterocycles. The molecule has 0 radical (unpaired) electrons. The fourth-order valence-corrected chi connectivity index (χ4v) is 2.10. The SMILES string of the molecule is CC(C)C1C=CC(F)=CC1(C)Cl. The van der Waals surface area contributed by atoms with Crippen LogP contribution in [0.1, 0.15) is 20.8 Å². The second-order valence-corrected chi connectivity index (χ2v) is 4.62. The molecule has 0 N–H and O–H groups in total. The van der Waals surface area contributed by atoms with Gasteiger partial charge in [-0.3, -0.25) is 0 Å². The summed E-state index contributed by atoms with van der Waals surface area (Å²) in [6.07, 6.45) is 4.83. The molecule has 0 amide bonds. The number of alkyl halides is 1. The molecule has 1 rings (SSSR count). The van der Waals surface area contributed by atoms with E-state index in [2.05, 4.69) is 13.8 Å². The Morgan fingerprint density at radius 1 is 1.58 bits per heavy atom. The fourth-order valence-electron chi connectivity index (χ4n) is 1.67. The van der Waals surface area contributed by atoms with Crippen LogP contribution >= 0.6 is 11.6 Å². The molecular weight excluding hydrogens is 175 g/mol. The van der Waals surface area contributed by atoms with Gasteiger partial charge in [0.1, 0.15) is 5.83 Å². The van der Waals surface area contributed by atoms with Crippen LogP contribution in [0.3, 0.4) is 0 Å². The molecule has 0 aromatic rings. The van der Waals surface area contributed by atoms with E-state index in [1.54, 1.807) is 0 Å². The Bertz CT molecular complexity index is 226. The molecule has 0 spiro atoms. The summed E-state index contributed by atoms with van der Waals surface area (Å²) in [6.45, 7) is 6.03. The maximum Gasteiger partial charge on any atom is 0.120 e. The fraction of sp³-hybridized carbons (Fsp3) is 0.600. The van der Waals surface area contributed by atoms with E-state index in [1.807, 2.05) is 13.0 Å². The van der Waals surface area contributed by atoms with Crippen molar-refractivity contribution in [1.29, 1.82) is 0 Å². The zero-order chi connectivity index (χ0) is 9.35. The van der Waals surface area contributed by atoms with Gasteiger partial charge in [-0.05, 0) is 25.0 Å². The standard InChI is InChI=1S/C10H14ClF/c1-7(2)9-5-4-8(12)6-10(9,3)11/h4-7,9H,1-3H3. The first-order valence-corrected chi connectivity index (χ1v) is 4.57. The molecule has 0 aromatic carbocycles. The molecule has 68 valence electrons. The average molecular weight is 189 g/mol. The van der Waals surface area contributed by atoms with E-state index in [0.717, 1.165) is 0 Å². The van der Waals surface area contributed by atoms with E-state index < -0.39 is 4.87 Å². The lowest BCUT2D eigenvalue weighted by Gasteiger charge is -2.32. The highest BCUT2D eigenvalue weighted by Gasteiger charge is 2.33. The summed E-state index contributed by atoms with van der Waals surface area (Å²) >= 11 is 6.16. The van der Waals surface area contributed by atoms with E-state index in [0.29, 0.717) is 5.92 Å². The van der Waals surface area contributed by atoms with Gasteiger partial charge in [0.2, 0.25) is 0 Å². The first kappa shape index (κ1) is 9.79. The summed E-state index contributed by atoms with van der Waals surface area (Å²) in [5, 5.41) is 0. The molecule has 1 aliphatic rings. The molecule has 2 heteroatoms. The molecule has 2 atom stereocenters. The van der Waals surface area contributed by atoms with Gasteiger partial charge < -0.3 is 0 Å². The monoisotopic (exact) mass is 188 g/mol. The number of hydrogen-bond acceptors (Lipinski definition) is 0. The van der Waals surface area contributed by atoms with Crippen molar-refractivity contribution in [3.05, 3.63) is 24.1 Å². The lowest BCUT2D eigenvalue weighted by atomic mass is 9.81. The summed E-state index contributed by atoms with van der Waals surface area (Å²) in [4.78, 5) is -0.562. The Hall–Kier alpha value is -0.300. The molecule has 0 heterocycles. The predicted molar refractivity (Wildman–Crippen MR) is 50.9 cm³/mol. The summed E-state index contributed by atoms with van der Waals surface area (Å²) < 4.78 is 12.8. The van der Waals surface area contributed by atoms with Crippen LogP contribution in [-0.4, -0.2) is 4.87 Å². The third-order valence-electron chi connectivity index (χ3n) is 2.25. The molecule has 0 nitrogen and oxygen atoms in total. The van der Waals surface area contributed by atoms with Gasteiger partial charge in [-0.1, -0.05) is 19.9 Å². The predicted octanol–water partition coefficient (Wildman–Crippen LogP) is 3.68. The second-order valence-electron chi connectivity index (χ2n) is 3.81. The lowest BCUT2D eigenvalue weighted by molar-refractivity contribution is 0.395. The van der Waals surface area contributed by atoms with Crippen molar-refractivity contribution < 1.29 is 4.39 Å². The van der Waals surface area contributed by atoms with Gasteiger partial charge in [0.05, 0.1) is 4.87 Å². The van der Waals surface area contributed by atoms with Crippen LogP contribution < -0.4 is 0 Å². The van der Waals surface area contributed by atoms with Crippen LogP contribution in [0.4, 0.5) is 4.39 Å². The first-order chi connectivity index (χ1) is 5.43. The average Bonchev–Trinajstić information content (AvgIpc) is 1.82. The zero-order valence-corrected chi connectivity index (χ0v) is 8.40. The Kier molecular flexibility index (Phi) is 2.62. The van der Waals surface area contributed by atoms with Gasteiger partial charge in [-0.25, -0.2) is 4.39 Å². The van der Waals surface area contributed by atoms with Crippen LogP contribution in [0.25, 0.3) is 0 Å². The first-order valence-electron chi connectivity index (χ1n) is 4.19. The van der Waals surface area contributed by atoms with Crippen molar-refractivity contribution in [2.24, 2.45) is 11.8 Å². The van der Waals surface area contributed by atoms with Crippen LogP contribution in [0.15, 0.2) is 24.1 Å². The molecule has 2 unspecified atom stereocenters. The molecule has 0 saturated carbocycles. The van der Waals surface area contributed by atoms with Crippen LogP contribution in [0, 0.1) is 11.8 Å². The van der Waals surface area contributed by atoms with E-state index >= 15 is 0 Å². The number of rotatable bonds is 1. The summed E-state index contributed by atoms with van der Waals surface area (Å²) in [6, 6.07) is 0. The topological polar surface area (TPSA) is 0 Å². The number of allylic oxidation sites excluding steroid dienone is 4. The van der Waals surface area contributed by atoms with E-state index in [1.165, 1.54) is 12.2 Å². The zero-order valence-electron chi connectivity index (χ0n) is 7.64. The molecule has 0 fully saturated rings. The van der Waals surface area contributed by atoms with Crippen molar-refractivity contribution in [3.63, 3.8) is 0 Å². The second kappa shape index (κ2) is 3.21. The van der Waals surface area contributed by atoms with E-state index in [9.17, 15) is 4.39 Å².